The summed E-state index contributed by atoms with van der Waals surface area (Å²) in [5.74, 6) is 1.16. The number of unbranched alkanes of at least 4 members (excludes halogenated alkanes) is 1. The van der Waals surface area contributed by atoms with E-state index in [2.05, 4.69) is 24.0 Å². The third-order valence-electron chi connectivity index (χ3n) is 5.37. The second kappa shape index (κ2) is 9.11. The van der Waals surface area contributed by atoms with E-state index in [1.807, 2.05) is 4.90 Å². The summed E-state index contributed by atoms with van der Waals surface area (Å²) in [7, 11) is 0. The van der Waals surface area contributed by atoms with Crippen molar-refractivity contribution in [3.63, 3.8) is 0 Å². The third kappa shape index (κ3) is 4.73. The molecule has 0 radical (unpaired) electrons. The lowest BCUT2D eigenvalue weighted by Gasteiger charge is -2.33. The largest absolute Gasteiger partial charge is 0.342 e. The maximum atomic E-state index is 13.1. The summed E-state index contributed by atoms with van der Waals surface area (Å²) in [4.78, 5) is 19.4. The van der Waals surface area contributed by atoms with Crippen molar-refractivity contribution in [3.05, 3.63) is 36.0 Å². The summed E-state index contributed by atoms with van der Waals surface area (Å²) in [6.45, 7) is 5.68. The molecular weight excluding hydrogens is 345 g/mol. The van der Waals surface area contributed by atoms with Crippen LogP contribution in [0.3, 0.4) is 0 Å². The molecule has 27 heavy (non-hydrogen) atoms. The van der Waals surface area contributed by atoms with E-state index in [1.165, 1.54) is 12.1 Å². The lowest BCUT2D eigenvalue weighted by Crippen LogP contribution is -2.42. The maximum Gasteiger partial charge on any atom is 0.231 e. The Morgan fingerprint density at radius 1 is 1.33 bits per heavy atom. The second-order valence-electron chi connectivity index (χ2n) is 7.33. The average molecular weight is 373 g/mol. The van der Waals surface area contributed by atoms with Gasteiger partial charge >= 0.3 is 0 Å². The Kier molecular flexibility index (Phi) is 6.58. The molecule has 1 aliphatic heterocycles. The van der Waals surface area contributed by atoms with Crippen LogP contribution in [0.2, 0.25) is 0 Å². The first-order valence-electron chi connectivity index (χ1n) is 10.0. The monoisotopic (exact) mass is 373 g/mol. The highest BCUT2D eigenvalue weighted by Gasteiger charge is 2.31. The molecule has 6 heteroatoms. The molecule has 0 bridgehead atoms. The number of hydrogen-bond donors (Lipinski definition) is 0. The van der Waals surface area contributed by atoms with E-state index in [1.54, 1.807) is 12.1 Å². The first-order chi connectivity index (χ1) is 13.1. The first-order valence-corrected chi connectivity index (χ1v) is 10.0. The molecule has 1 saturated heterocycles. The first kappa shape index (κ1) is 19.5. The standard InChI is InChI=1S/C21H28FN3O2/c1-3-5-7-15(4-2)21(26)25-13-6-8-17(14-25)20-23-19(24-27-20)16-9-11-18(22)12-10-16/h9-12,15,17H,3-8,13-14H2,1-2H3/t15-,17+/m0/s1. The Labute approximate surface area is 159 Å². The maximum absolute atomic E-state index is 13.1. The van der Waals surface area contributed by atoms with Gasteiger partial charge in [-0.05, 0) is 49.9 Å². The molecule has 5 nitrogen and oxygen atoms in total. The van der Waals surface area contributed by atoms with E-state index in [9.17, 15) is 9.18 Å². The molecule has 146 valence electrons. The van der Waals surface area contributed by atoms with Gasteiger partial charge in [0.2, 0.25) is 17.6 Å². The molecule has 1 amide bonds. The molecule has 1 aliphatic rings. The van der Waals surface area contributed by atoms with Gasteiger partial charge in [-0.1, -0.05) is 31.8 Å². The van der Waals surface area contributed by atoms with E-state index in [-0.39, 0.29) is 23.6 Å². The van der Waals surface area contributed by atoms with Crippen molar-refractivity contribution in [2.75, 3.05) is 13.1 Å². The smallest absolute Gasteiger partial charge is 0.231 e. The molecule has 0 N–H and O–H groups in total. The van der Waals surface area contributed by atoms with Crippen LogP contribution in [0.1, 0.15) is 64.2 Å². The Balaban J connectivity index is 1.67. The molecule has 1 aromatic heterocycles. The van der Waals surface area contributed by atoms with Gasteiger partial charge in [0.15, 0.2) is 0 Å². The number of nitrogens with zero attached hydrogens (tertiary/aromatic N) is 3. The van der Waals surface area contributed by atoms with Gasteiger partial charge in [-0.2, -0.15) is 4.98 Å². The summed E-state index contributed by atoms with van der Waals surface area (Å²) in [5, 5.41) is 4.04. The quantitative estimate of drug-likeness (QED) is 0.699. The fourth-order valence-electron chi connectivity index (χ4n) is 3.71. The number of piperidine rings is 1. The Hall–Kier alpha value is -2.24. The van der Waals surface area contributed by atoms with Crippen molar-refractivity contribution in [2.45, 2.75) is 58.3 Å². The Morgan fingerprint density at radius 2 is 2.11 bits per heavy atom. The van der Waals surface area contributed by atoms with Crippen LogP contribution in [0.25, 0.3) is 11.4 Å². The number of carbonyl (C=O) groups excluding carboxylic acids is 1. The number of aromatic nitrogens is 2. The number of carbonyl (C=O) groups is 1. The molecule has 1 fully saturated rings. The minimum absolute atomic E-state index is 0.0630. The van der Waals surface area contributed by atoms with E-state index in [0.717, 1.165) is 50.6 Å². The molecular formula is C21H28FN3O2. The molecule has 0 saturated carbocycles. The number of halogens is 1. The number of likely N-dealkylation sites (tertiary alicyclic amines) is 1. The predicted molar refractivity (Wildman–Crippen MR) is 102 cm³/mol. The van der Waals surface area contributed by atoms with Crippen LogP contribution >= 0.6 is 0 Å². The van der Waals surface area contributed by atoms with E-state index in [4.69, 9.17) is 4.52 Å². The highest BCUT2D eigenvalue weighted by Crippen LogP contribution is 2.29. The van der Waals surface area contributed by atoms with Gasteiger partial charge in [0, 0.05) is 24.6 Å². The van der Waals surface area contributed by atoms with Crippen molar-refractivity contribution in [2.24, 2.45) is 5.92 Å². The van der Waals surface area contributed by atoms with E-state index >= 15 is 0 Å². The molecule has 0 aliphatic carbocycles. The van der Waals surface area contributed by atoms with Crippen molar-refractivity contribution >= 4 is 5.91 Å². The van der Waals surface area contributed by atoms with Crippen LogP contribution in [0.5, 0.6) is 0 Å². The lowest BCUT2D eigenvalue weighted by molar-refractivity contribution is -0.137. The summed E-state index contributed by atoms with van der Waals surface area (Å²) in [6, 6.07) is 6.04. The highest BCUT2D eigenvalue weighted by molar-refractivity contribution is 5.79. The fraction of sp³-hybridized carbons (Fsp3) is 0.571. The molecule has 0 unspecified atom stereocenters. The topological polar surface area (TPSA) is 59.2 Å². The van der Waals surface area contributed by atoms with Crippen LogP contribution in [-0.4, -0.2) is 34.0 Å². The number of benzene rings is 1. The highest BCUT2D eigenvalue weighted by atomic mass is 19.1. The molecule has 2 atom stereocenters. The van der Waals surface area contributed by atoms with Crippen molar-refractivity contribution < 1.29 is 13.7 Å². The summed E-state index contributed by atoms with van der Waals surface area (Å²) in [5.41, 5.74) is 0.723. The molecule has 0 spiro atoms. The van der Waals surface area contributed by atoms with E-state index in [0.29, 0.717) is 18.3 Å². The van der Waals surface area contributed by atoms with Crippen LogP contribution in [0, 0.1) is 11.7 Å². The average Bonchev–Trinajstić information content (AvgIpc) is 3.19. The zero-order valence-electron chi connectivity index (χ0n) is 16.2. The van der Waals surface area contributed by atoms with Gasteiger partial charge in [0.1, 0.15) is 5.82 Å². The van der Waals surface area contributed by atoms with Crippen LogP contribution in [0.4, 0.5) is 4.39 Å². The van der Waals surface area contributed by atoms with Crippen molar-refractivity contribution in [1.29, 1.82) is 0 Å². The Morgan fingerprint density at radius 3 is 2.81 bits per heavy atom. The number of hydrogen-bond acceptors (Lipinski definition) is 4. The molecule has 2 heterocycles. The lowest BCUT2D eigenvalue weighted by atomic mass is 9.93. The van der Waals surface area contributed by atoms with Gasteiger partial charge in [0.25, 0.3) is 0 Å². The summed E-state index contributed by atoms with van der Waals surface area (Å²) >= 11 is 0. The van der Waals surface area contributed by atoms with Crippen molar-refractivity contribution in [1.82, 2.24) is 15.0 Å². The zero-order chi connectivity index (χ0) is 19.2. The SMILES string of the molecule is CCCC[C@H](CC)C(=O)N1CCC[C@@H](c2nc(-c3ccc(F)cc3)no2)C1. The fourth-order valence-corrected chi connectivity index (χ4v) is 3.71. The molecule has 3 rings (SSSR count). The minimum atomic E-state index is -0.294. The van der Waals surface area contributed by atoms with Crippen LogP contribution in [0.15, 0.2) is 28.8 Å². The van der Waals surface area contributed by atoms with Gasteiger partial charge in [0.05, 0.1) is 5.92 Å². The minimum Gasteiger partial charge on any atom is -0.342 e. The van der Waals surface area contributed by atoms with Gasteiger partial charge in [-0.3, -0.25) is 4.79 Å². The Bertz CT molecular complexity index is 744. The molecule has 1 aromatic carbocycles. The van der Waals surface area contributed by atoms with Crippen LogP contribution in [-0.2, 0) is 4.79 Å². The summed E-state index contributed by atoms with van der Waals surface area (Å²) < 4.78 is 18.6. The van der Waals surface area contributed by atoms with Gasteiger partial charge in [-0.25, -0.2) is 4.39 Å². The number of amides is 1. The third-order valence-corrected chi connectivity index (χ3v) is 5.37. The van der Waals surface area contributed by atoms with Crippen molar-refractivity contribution in [3.8, 4) is 11.4 Å². The van der Waals surface area contributed by atoms with Crippen LogP contribution < -0.4 is 0 Å². The second-order valence-corrected chi connectivity index (χ2v) is 7.33. The predicted octanol–water partition coefficient (Wildman–Crippen LogP) is 4.80. The van der Waals surface area contributed by atoms with Gasteiger partial charge < -0.3 is 9.42 Å². The summed E-state index contributed by atoms with van der Waals surface area (Å²) in [6.07, 6.45) is 5.92. The van der Waals surface area contributed by atoms with Gasteiger partial charge in [-0.15, -0.1) is 0 Å². The molecule has 2 aromatic rings. The van der Waals surface area contributed by atoms with E-state index < -0.39 is 0 Å². The normalized spacial score (nSPS) is 18.5. The zero-order valence-corrected chi connectivity index (χ0v) is 16.2. The number of rotatable bonds is 7.